The van der Waals surface area contributed by atoms with Crippen LogP contribution in [0.15, 0.2) is 94.7 Å². The monoisotopic (exact) mass is 366 g/mol. The SMILES string of the molecule is COc1ccc(CS(CC(=O)O)(c2ccccc2)c2ccccc2)cc1. The van der Waals surface area contributed by atoms with Crippen molar-refractivity contribution in [2.45, 2.75) is 15.5 Å². The van der Waals surface area contributed by atoms with Crippen molar-refractivity contribution in [3.8, 4) is 5.75 Å². The Morgan fingerprint density at radius 2 is 1.35 bits per heavy atom. The van der Waals surface area contributed by atoms with Gasteiger partial charge in [-0.15, -0.1) is 0 Å². The van der Waals surface area contributed by atoms with Gasteiger partial charge in [0, 0.05) is 5.75 Å². The highest BCUT2D eigenvalue weighted by Gasteiger charge is 2.31. The van der Waals surface area contributed by atoms with Crippen molar-refractivity contribution in [1.82, 2.24) is 0 Å². The van der Waals surface area contributed by atoms with Crippen molar-refractivity contribution in [3.63, 3.8) is 0 Å². The van der Waals surface area contributed by atoms with E-state index < -0.39 is 16.0 Å². The van der Waals surface area contributed by atoms with Crippen molar-refractivity contribution < 1.29 is 14.6 Å². The molecule has 0 saturated carbocycles. The van der Waals surface area contributed by atoms with E-state index in [1.54, 1.807) is 7.11 Å². The molecule has 0 unspecified atom stereocenters. The van der Waals surface area contributed by atoms with Crippen LogP contribution in [0.5, 0.6) is 5.75 Å². The lowest BCUT2D eigenvalue weighted by atomic mass is 10.2. The Labute approximate surface area is 155 Å². The lowest BCUT2D eigenvalue weighted by Gasteiger charge is -2.40. The average molecular weight is 366 g/mol. The number of hydrogen-bond donors (Lipinski definition) is 1. The lowest BCUT2D eigenvalue weighted by Crippen LogP contribution is -2.16. The zero-order valence-corrected chi connectivity index (χ0v) is 15.5. The number of benzene rings is 3. The summed E-state index contributed by atoms with van der Waals surface area (Å²) in [6.07, 6.45) is 0. The summed E-state index contributed by atoms with van der Waals surface area (Å²) in [7, 11) is -0.124. The van der Waals surface area contributed by atoms with E-state index >= 15 is 0 Å². The molecule has 3 aromatic rings. The fourth-order valence-electron chi connectivity index (χ4n) is 3.10. The van der Waals surface area contributed by atoms with E-state index in [1.165, 1.54) is 0 Å². The molecule has 0 aliphatic rings. The summed E-state index contributed by atoms with van der Waals surface area (Å²) < 4.78 is 5.25. The molecule has 0 amide bonds. The van der Waals surface area contributed by atoms with Gasteiger partial charge < -0.3 is 9.84 Å². The zero-order valence-electron chi connectivity index (χ0n) is 14.7. The Hall–Kier alpha value is -2.72. The third-order valence-corrected chi connectivity index (χ3v) is 8.25. The van der Waals surface area contributed by atoms with E-state index in [0.29, 0.717) is 5.75 Å². The van der Waals surface area contributed by atoms with Gasteiger partial charge in [-0.1, -0.05) is 48.5 Å². The minimum absolute atomic E-state index is 0.104. The molecule has 3 aromatic carbocycles. The van der Waals surface area contributed by atoms with E-state index in [4.69, 9.17) is 4.74 Å². The number of methoxy groups -OCH3 is 1. The standard InChI is InChI=1S/C22H22O3S/c1-25-19-14-12-18(13-15-19)16-26(17-22(23)24,20-8-4-2-5-9-20)21-10-6-3-7-11-21/h2-15H,16-17H2,1H3,(H,23,24). The van der Waals surface area contributed by atoms with Gasteiger partial charge in [0.1, 0.15) is 5.75 Å². The molecule has 0 saturated heterocycles. The van der Waals surface area contributed by atoms with Crippen LogP contribution in [0.25, 0.3) is 0 Å². The normalized spacial score (nSPS) is 11.7. The molecule has 0 aliphatic carbocycles. The highest BCUT2D eigenvalue weighted by molar-refractivity contribution is 8.33. The van der Waals surface area contributed by atoms with Crippen LogP contribution in [0.1, 0.15) is 5.56 Å². The Morgan fingerprint density at radius 3 is 1.77 bits per heavy atom. The van der Waals surface area contributed by atoms with Crippen molar-refractivity contribution in [2.75, 3.05) is 12.9 Å². The third-order valence-electron chi connectivity index (χ3n) is 4.33. The number of carbonyl (C=O) groups is 1. The molecule has 0 bridgehead atoms. The van der Waals surface area contributed by atoms with Crippen LogP contribution >= 0.6 is 10.0 Å². The largest absolute Gasteiger partial charge is 0.497 e. The number of aliphatic carboxylic acids is 1. The fourth-order valence-corrected chi connectivity index (χ4v) is 6.68. The van der Waals surface area contributed by atoms with Gasteiger partial charge in [0.2, 0.25) is 0 Å². The maximum Gasteiger partial charge on any atom is 0.312 e. The molecule has 0 spiro atoms. The van der Waals surface area contributed by atoms with Gasteiger partial charge in [0.25, 0.3) is 0 Å². The molecule has 26 heavy (non-hydrogen) atoms. The molecule has 4 heteroatoms. The highest BCUT2D eigenvalue weighted by atomic mass is 32.3. The minimum atomic E-state index is -1.77. The van der Waals surface area contributed by atoms with Crippen LogP contribution in [0.2, 0.25) is 0 Å². The van der Waals surface area contributed by atoms with Crippen LogP contribution in [0, 0.1) is 0 Å². The van der Waals surface area contributed by atoms with Gasteiger partial charge in [-0.25, -0.2) is 0 Å². The minimum Gasteiger partial charge on any atom is -0.497 e. The molecule has 3 nitrogen and oxygen atoms in total. The van der Waals surface area contributed by atoms with Gasteiger partial charge in [-0.05, 0) is 51.8 Å². The van der Waals surface area contributed by atoms with Gasteiger partial charge in [-0.2, -0.15) is 10.0 Å². The van der Waals surface area contributed by atoms with Crippen molar-refractivity contribution in [1.29, 1.82) is 0 Å². The topological polar surface area (TPSA) is 46.5 Å². The first kappa shape index (κ1) is 18.1. The molecular weight excluding hydrogens is 344 g/mol. The number of carboxylic acids is 1. The predicted molar refractivity (Wildman–Crippen MR) is 106 cm³/mol. The summed E-state index contributed by atoms with van der Waals surface area (Å²) in [5, 5.41) is 9.73. The molecule has 0 radical (unpaired) electrons. The summed E-state index contributed by atoms with van der Waals surface area (Å²) in [5.74, 6) is 0.804. The second-order valence-corrected chi connectivity index (χ2v) is 9.33. The first-order valence-electron chi connectivity index (χ1n) is 8.38. The second kappa shape index (κ2) is 8.11. The Balaban J connectivity index is 2.13. The quantitative estimate of drug-likeness (QED) is 0.625. The average Bonchev–Trinajstić information content (AvgIpc) is 2.69. The smallest absolute Gasteiger partial charge is 0.312 e. The summed E-state index contributed by atoms with van der Waals surface area (Å²) in [6.45, 7) is 0. The van der Waals surface area contributed by atoms with Crippen molar-refractivity contribution in [3.05, 3.63) is 90.5 Å². The summed E-state index contributed by atoms with van der Waals surface area (Å²) in [5.41, 5.74) is 1.11. The zero-order chi connectivity index (χ0) is 18.4. The molecule has 1 N–H and O–H groups in total. The summed E-state index contributed by atoms with van der Waals surface area (Å²) in [6, 6.07) is 28.0. The molecular formula is C22H22O3S. The first-order chi connectivity index (χ1) is 12.6. The van der Waals surface area contributed by atoms with Crippen LogP contribution < -0.4 is 4.74 Å². The molecule has 0 aliphatic heterocycles. The van der Waals surface area contributed by atoms with Gasteiger partial charge in [0.15, 0.2) is 0 Å². The maximum absolute atomic E-state index is 11.9. The van der Waals surface area contributed by atoms with E-state index in [9.17, 15) is 9.90 Å². The Bertz CT molecular complexity index is 806. The molecule has 0 atom stereocenters. The molecule has 134 valence electrons. The van der Waals surface area contributed by atoms with Crippen LogP contribution in [0.4, 0.5) is 0 Å². The molecule has 0 heterocycles. The molecule has 0 aromatic heterocycles. The van der Waals surface area contributed by atoms with Crippen LogP contribution in [0.3, 0.4) is 0 Å². The number of carboxylic acid groups (broad SMARTS) is 1. The van der Waals surface area contributed by atoms with Crippen molar-refractivity contribution >= 4 is 16.0 Å². The van der Waals surface area contributed by atoms with E-state index in [2.05, 4.69) is 24.3 Å². The van der Waals surface area contributed by atoms with Gasteiger partial charge in [0.05, 0.1) is 12.9 Å². The van der Waals surface area contributed by atoms with E-state index in [-0.39, 0.29) is 5.75 Å². The highest BCUT2D eigenvalue weighted by Crippen LogP contribution is 2.64. The number of ether oxygens (including phenoxy) is 1. The number of rotatable bonds is 7. The van der Waals surface area contributed by atoms with E-state index in [0.717, 1.165) is 21.1 Å². The molecule has 0 fully saturated rings. The van der Waals surface area contributed by atoms with Gasteiger partial charge in [-0.3, -0.25) is 4.79 Å². The maximum atomic E-state index is 11.9. The van der Waals surface area contributed by atoms with Crippen LogP contribution in [-0.4, -0.2) is 23.9 Å². The lowest BCUT2D eigenvalue weighted by molar-refractivity contribution is -0.134. The Kier molecular flexibility index (Phi) is 5.64. The third kappa shape index (κ3) is 3.92. The van der Waals surface area contributed by atoms with Crippen LogP contribution in [-0.2, 0) is 10.5 Å². The van der Waals surface area contributed by atoms with E-state index in [1.807, 2.05) is 60.7 Å². The second-order valence-electron chi connectivity index (χ2n) is 6.04. The predicted octanol–water partition coefficient (Wildman–Crippen LogP) is 5.20. The first-order valence-corrected chi connectivity index (χ1v) is 10.3. The fraction of sp³-hybridized carbons (Fsp3) is 0.136. The molecule has 3 rings (SSSR count). The van der Waals surface area contributed by atoms with Crippen molar-refractivity contribution in [2.24, 2.45) is 0 Å². The number of hydrogen-bond acceptors (Lipinski definition) is 2. The summed E-state index contributed by atoms with van der Waals surface area (Å²) >= 11 is 0. The summed E-state index contributed by atoms with van der Waals surface area (Å²) in [4.78, 5) is 14.0. The van der Waals surface area contributed by atoms with Gasteiger partial charge >= 0.3 is 5.97 Å². The Morgan fingerprint density at radius 1 is 0.846 bits per heavy atom.